The van der Waals surface area contributed by atoms with Crippen LogP contribution < -0.4 is 5.32 Å². The number of rotatable bonds is 2. The Morgan fingerprint density at radius 3 is 1.78 bits per heavy atom. The number of hydrogen-bond donors (Lipinski definition) is 4. The van der Waals surface area contributed by atoms with Crippen LogP contribution in [0.1, 0.15) is 15.9 Å². The van der Waals surface area contributed by atoms with Crippen LogP contribution in [0, 0.1) is 6.92 Å². The predicted molar refractivity (Wildman–Crippen MR) is 93.5 cm³/mol. The minimum absolute atomic E-state index is 0.427. The van der Waals surface area contributed by atoms with Gasteiger partial charge in [-0.3, -0.25) is 4.79 Å². The summed E-state index contributed by atoms with van der Waals surface area (Å²) in [7, 11) is 0. The van der Waals surface area contributed by atoms with Gasteiger partial charge in [0.15, 0.2) is 12.5 Å². The van der Waals surface area contributed by atoms with Gasteiger partial charge in [-0.1, -0.05) is 87.8 Å². The Morgan fingerprint density at radius 1 is 1.00 bits per heavy atom. The van der Waals surface area contributed by atoms with E-state index in [4.69, 9.17) is 79.8 Å². The minimum atomic E-state index is -1.97. The van der Waals surface area contributed by atoms with Gasteiger partial charge < -0.3 is 20.6 Å². The molecule has 1 aromatic rings. The van der Waals surface area contributed by atoms with Gasteiger partial charge in [0.25, 0.3) is 5.91 Å². The van der Waals surface area contributed by atoms with Crippen molar-refractivity contribution in [2.24, 2.45) is 0 Å². The smallest absolute Gasteiger partial charge is 0.253 e. The topological polar surface area (TPSA) is 89.8 Å². The van der Waals surface area contributed by atoms with Gasteiger partial charge >= 0.3 is 0 Å². The maximum absolute atomic E-state index is 11.7. The molecule has 0 aliphatic heterocycles. The van der Waals surface area contributed by atoms with Gasteiger partial charge in [0, 0.05) is 5.56 Å². The number of benzene rings is 1. The van der Waals surface area contributed by atoms with Crippen LogP contribution in [0.5, 0.6) is 0 Å². The molecule has 1 atom stereocenters. The van der Waals surface area contributed by atoms with E-state index >= 15 is 0 Å². The second-order valence-electron chi connectivity index (χ2n) is 4.15. The van der Waals surface area contributed by atoms with Crippen LogP contribution in [-0.2, 0) is 0 Å². The summed E-state index contributed by atoms with van der Waals surface area (Å²) < 4.78 is -3.92. The number of amides is 1. The summed E-state index contributed by atoms with van der Waals surface area (Å²) in [6, 6.07) is 6.91. The Hall–Kier alpha value is 0.310. The van der Waals surface area contributed by atoms with E-state index in [-0.39, 0.29) is 0 Å². The first kappa shape index (κ1) is 23.3. The summed E-state index contributed by atoms with van der Waals surface area (Å²) in [5, 5.41) is 27.7. The maximum atomic E-state index is 11.7. The fourth-order valence-electron chi connectivity index (χ4n) is 1.11. The SMILES string of the molecule is Cc1ccccc1C(=O)NC(O)C(Cl)(Cl)Cl.OC(O)C(Cl)(Cl)Cl. The molecule has 0 fully saturated rings. The van der Waals surface area contributed by atoms with Crippen LogP contribution >= 0.6 is 69.6 Å². The van der Waals surface area contributed by atoms with E-state index in [0.29, 0.717) is 5.56 Å². The first-order valence-corrected chi connectivity index (χ1v) is 8.07. The average molecular weight is 448 g/mol. The molecule has 0 heterocycles. The highest BCUT2D eigenvalue weighted by Crippen LogP contribution is 2.29. The van der Waals surface area contributed by atoms with Crippen molar-refractivity contribution in [3.63, 3.8) is 0 Å². The fourth-order valence-corrected chi connectivity index (χ4v) is 1.28. The van der Waals surface area contributed by atoms with Gasteiger partial charge in [0.2, 0.25) is 7.59 Å². The third-order valence-electron chi connectivity index (χ3n) is 2.26. The Bertz CT molecular complexity index is 515. The number of nitrogens with one attached hydrogen (secondary N) is 1. The van der Waals surface area contributed by atoms with Crippen molar-refractivity contribution in [2.75, 3.05) is 0 Å². The lowest BCUT2D eigenvalue weighted by Gasteiger charge is -2.20. The van der Waals surface area contributed by atoms with Crippen molar-refractivity contribution in [2.45, 2.75) is 27.0 Å². The predicted octanol–water partition coefficient (Wildman–Crippen LogP) is 3.08. The number of carbonyl (C=O) groups is 1. The minimum Gasteiger partial charge on any atom is -0.369 e. The van der Waals surface area contributed by atoms with E-state index in [1.807, 2.05) is 0 Å². The molecule has 1 amide bonds. The Kier molecular flexibility index (Phi) is 9.84. The Balaban J connectivity index is 0.000000585. The van der Waals surface area contributed by atoms with E-state index in [0.717, 1.165) is 5.56 Å². The first-order valence-electron chi connectivity index (χ1n) is 5.81. The third kappa shape index (κ3) is 9.39. The van der Waals surface area contributed by atoms with E-state index in [9.17, 15) is 9.90 Å². The van der Waals surface area contributed by atoms with Crippen LogP contribution in [0.3, 0.4) is 0 Å². The molecule has 0 aromatic heterocycles. The number of halogens is 6. The van der Waals surface area contributed by atoms with Crippen molar-refractivity contribution in [1.82, 2.24) is 5.32 Å². The Labute approximate surface area is 163 Å². The van der Waals surface area contributed by atoms with Gasteiger partial charge in [0.05, 0.1) is 0 Å². The number of hydrogen-bond acceptors (Lipinski definition) is 4. The molecule has 0 aliphatic rings. The summed E-state index contributed by atoms with van der Waals surface area (Å²) in [4.78, 5) is 11.7. The molecule has 5 nitrogen and oxygen atoms in total. The van der Waals surface area contributed by atoms with E-state index in [2.05, 4.69) is 5.32 Å². The lowest BCUT2D eigenvalue weighted by Crippen LogP contribution is -2.43. The molecule has 23 heavy (non-hydrogen) atoms. The normalized spacial score (nSPS) is 13.2. The Morgan fingerprint density at radius 2 is 1.43 bits per heavy atom. The van der Waals surface area contributed by atoms with Gasteiger partial charge in [-0.25, -0.2) is 0 Å². The van der Waals surface area contributed by atoms with E-state index in [1.54, 1.807) is 31.2 Å². The molecule has 0 bridgehead atoms. The molecular weight excluding hydrogens is 435 g/mol. The quantitative estimate of drug-likeness (QED) is 0.414. The van der Waals surface area contributed by atoms with Crippen molar-refractivity contribution in [3.05, 3.63) is 35.4 Å². The third-order valence-corrected chi connectivity index (χ3v) is 3.47. The van der Waals surface area contributed by atoms with Crippen LogP contribution in [-0.4, -0.2) is 41.3 Å². The molecule has 1 rings (SSSR count). The molecule has 1 unspecified atom stereocenters. The van der Waals surface area contributed by atoms with Crippen molar-refractivity contribution >= 4 is 75.5 Å². The molecule has 0 radical (unpaired) electrons. The standard InChI is InChI=1S/C10H10Cl3NO2.C2H3Cl3O2/c1-6-4-2-3-5-7(6)8(15)14-9(16)10(11,12)13;3-2(4,5)1(6)7/h2-5,9,16H,1H3,(H,14,15);1,6-7H. The molecule has 0 saturated heterocycles. The molecule has 0 saturated carbocycles. The molecule has 132 valence electrons. The average Bonchev–Trinajstić information content (AvgIpc) is 2.37. The van der Waals surface area contributed by atoms with Crippen LogP contribution in [0.2, 0.25) is 0 Å². The zero-order chi connectivity index (χ0) is 18.4. The molecular formula is C12H13Cl6NO4. The highest BCUT2D eigenvalue weighted by molar-refractivity contribution is 6.68. The summed E-state index contributed by atoms with van der Waals surface area (Å²) >= 11 is 31.0. The lowest BCUT2D eigenvalue weighted by atomic mass is 10.1. The second kappa shape index (κ2) is 9.70. The molecule has 0 spiro atoms. The van der Waals surface area contributed by atoms with E-state index < -0.39 is 26.0 Å². The van der Waals surface area contributed by atoms with Crippen molar-refractivity contribution in [3.8, 4) is 0 Å². The first-order chi connectivity index (χ1) is 10.3. The second-order valence-corrected chi connectivity index (χ2v) is 8.89. The molecule has 11 heteroatoms. The zero-order valence-electron chi connectivity index (χ0n) is 11.5. The number of aryl methyl sites for hydroxylation is 1. The highest BCUT2D eigenvalue weighted by atomic mass is 35.6. The fraction of sp³-hybridized carbons (Fsp3) is 0.417. The van der Waals surface area contributed by atoms with E-state index in [1.165, 1.54) is 0 Å². The van der Waals surface area contributed by atoms with Gasteiger partial charge in [0.1, 0.15) is 0 Å². The van der Waals surface area contributed by atoms with Gasteiger partial charge in [-0.15, -0.1) is 0 Å². The van der Waals surface area contributed by atoms with Crippen LogP contribution in [0.4, 0.5) is 0 Å². The number of aliphatic hydroxyl groups excluding tert-OH is 2. The molecule has 0 aliphatic carbocycles. The summed E-state index contributed by atoms with van der Waals surface area (Å²) in [5.74, 6) is -0.489. The van der Waals surface area contributed by atoms with Crippen LogP contribution in [0.25, 0.3) is 0 Å². The van der Waals surface area contributed by atoms with Gasteiger partial charge in [-0.2, -0.15) is 0 Å². The zero-order valence-corrected chi connectivity index (χ0v) is 16.0. The lowest BCUT2D eigenvalue weighted by molar-refractivity contribution is -0.0355. The number of aliphatic hydroxyl groups is 3. The van der Waals surface area contributed by atoms with Crippen molar-refractivity contribution in [1.29, 1.82) is 0 Å². The molecule has 1 aromatic carbocycles. The summed E-state index contributed by atoms with van der Waals surface area (Å²) in [5.41, 5.74) is 1.20. The van der Waals surface area contributed by atoms with Crippen LogP contribution in [0.15, 0.2) is 24.3 Å². The number of alkyl halides is 6. The molecule has 4 N–H and O–H groups in total. The highest BCUT2D eigenvalue weighted by Gasteiger charge is 2.32. The number of carbonyl (C=O) groups excluding carboxylic acids is 1. The summed E-state index contributed by atoms with van der Waals surface area (Å²) in [6.07, 6.45) is -3.46. The van der Waals surface area contributed by atoms with Crippen molar-refractivity contribution < 1.29 is 20.1 Å². The van der Waals surface area contributed by atoms with Gasteiger partial charge in [-0.05, 0) is 18.6 Å². The summed E-state index contributed by atoms with van der Waals surface area (Å²) in [6.45, 7) is 1.77. The monoisotopic (exact) mass is 445 g/mol. The maximum Gasteiger partial charge on any atom is 0.253 e. The largest absolute Gasteiger partial charge is 0.369 e.